The van der Waals surface area contributed by atoms with E-state index in [4.69, 9.17) is 11.6 Å². The molecule has 0 saturated heterocycles. The molecule has 2 nitrogen and oxygen atoms in total. The second kappa shape index (κ2) is 7.80. The summed E-state index contributed by atoms with van der Waals surface area (Å²) < 4.78 is 0. The van der Waals surface area contributed by atoms with Crippen LogP contribution in [0.15, 0.2) is 18.2 Å². The zero-order valence-corrected chi connectivity index (χ0v) is 13.1. The standard InChI is InChI=1S/C14H19BrClNO/c1-10(9-15)5-4-8-17-14(18)12-7-3-6-11(2)13(12)16/h3,6-7,10H,4-5,8-9H2,1-2H3,(H,17,18). The van der Waals surface area contributed by atoms with E-state index in [0.717, 1.165) is 23.7 Å². The van der Waals surface area contributed by atoms with Crippen LogP contribution in [-0.4, -0.2) is 17.8 Å². The summed E-state index contributed by atoms with van der Waals surface area (Å²) in [5, 5.41) is 4.46. The van der Waals surface area contributed by atoms with Crippen LogP contribution in [-0.2, 0) is 0 Å². The van der Waals surface area contributed by atoms with Crippen molar-refractivity contribution in [3.05, 3.63) is 34.3 Å². The van der Waals surface area contributed by atoms with E-state index in [-0.39, 0.29) is 5.91 Å². The molecule has 4 heteroatoms. The molecule has 1 aromatic rings. The van der Waals surface area contributed by atoms with Gasteiger partial charge in [-0.25, -0.2) is 0 Å². The average molecular weight is 333 g/mol. The Morgan fingerprint density at radius 3 is 2.89 bits per heavy atom. The van der Waals surface area contributed by atoms with E-state index in [1.54, 1.807) is 6.07 Å². The molecule has 0 aromatic heterocycles. The van der Waals surface area contributed by atoms with Crippen molar-refractivity contribution in [2.75, 3.05) is 11.9 Å². The summed E-state index contributed by atoms with van der Waals surface area (Å²) in [7, 11) is 0. The maximum atomic E-state index is 11.9. The molecule has 0 bridgehead atoms. The van der Waals surface area contributed by atoms with Crippen molar-refractivity contribution in [3.8, 4) is 0 Å². The van der Waals surface area contributed by atoms with E-state index in [0.29, 0.717) is 23.0 Å². The first-order valence-electron chi connectivity index (χ1n) is 6.15. The highest BCUT2D eigenvalue weighted by Crippen LogP contribution is 2.20. The maximum absolute atomic E-state index is 11.9. The maximum Gasteiger partial charge on any atom is 0.252 e. The Morgan fingerprint density at radius 1 is 1.50 bits per heavy atom. The van der Waals surface area contributed by atoms with Gasteiger partial charge in [0, 0.05) is 11.9 Å². The van der Waals surface area contributed by atoms with Crippen LogP contribution in [0.4, 0.5) is 0 Å². The fourth-order valence-corrected chi connectivity index (χ4v) is 2.18. The van der Waals surface area contributed by atoms with Crippen molar-refractivity contribution in [2.45, 2.75) is 26.7 Å². The molecular formula is C14H19BrClNO. The van der Waals surface area contributed by atoms with Crippen LogP contribution < -0.4 is 5.32 Å². The van der Waals surface area contributed by atoms with Crippen LogP contribution in [0.3, 0.4) is 0 Å². The monoisotopic (exact) mass is 331 g/mol. The van der Waals surface area contributed by atoms with Crippen molar-refractivity contribution in [3.63, 3.8) is 0 Å². The zero-order chi connectivity index (χ0) is 13.5. The Bertz CT molecular complexity index is 409. The molecule has 0 heterocycles. The number of nitrogens with one attached hydrogen (secondary N) is 1. The van der Waals surface area contributed by atoms with Gasteiger partial charge in [-0.05, 0) is 37.3 Å². The van der Waals surface area contributed by atoms with E-state index < -0.39 is 0 Å². The predicted molar refractivity (Wildman–Crippen MR) is 80.7 cm³/mol. The average Bonchev–Trinajstić information content (AvgIpc) is 2.37. The van der Waals surface area contributed by atoms with Gasteiger partial charge in [0.25, 0.3) is 5.91 Å². The van der Waals surface area contributed by atoms with E-state index in [1.807, 2.05) is 19.1 Å². The summed E-state index contributed by atoms with van der Waals surface area (Å²) in [6.07, 6.45) is 2.09. The van der Waals surface area contributed by atoms with Crippen LogP contribution in [0, 0.1) is 12.8 Å². The third kappa shape index (κ3) is 4.62. The van der Waals surface area contributed by atoms with E-state index >= 15 is 0 Å². The van der Waals surface area contributed by atoms with Gasteiger partial charge in [-0.2, -0.15) is 0 Å². The summed E-state index contributed by atoms with van der Waals surface area (Å²) in [5.74, 6) is 0.555. The Kier molecular flexibility index (Phi) is 6.72. The molecule has 18 heavy (non-hydrogen) atoms. The second-order valence-electron chi connectivity index (χ2n) is 4.59. The summed E-state index contributed by atoms with van der Waals surface area (Å²) in [4.78, 5) is 11.9. The number of amides is 1. The molecule has 1 amide bonds. The number of rotatable bonds is 6. The van der Waals surface area contributed by atoms with Crippen LogP contribution >= 0.6 is 27.5 Å². The SMILES string of the molecule is Cc1cccc(C(=O)NCCCC(C)CBr)c1Cl. The van der Waals surface area contributed by atoms with Gasteiger partial charge in [-0.15, -0.1) is 0 Å². The number of aryl methyl sites for hydroxylation is 1. The predicted octanol–water partition coefficient (Wildman–Crippen LogP) is 4.19. The Hall–Kier alpha value is -0.540. The second-order valence-corrected chi connectivity index (χ2v) is 5.62. The fourth-order valence-electron chi connectivity index (χ4n) is 1.65. The molecule has 1 rings (SSSR count). The summed E-state index contributed by atoms with van der Waals surface area (Å²) in [6.45, 7) is 4.78. The fraction of sp³-hybridized carbons (Fsp3) is 0.500. The minimum absolute atomic E-state index is 0.0878. The molecule has 0 saturated carbocycles. The molecule has 0 aliphatic heterocycles. The van der Waals surface area contributed by atoms with Crippen molar-refractivity contribution >= 4 is 33.4 Å². The lowest BCUT2D eigenvalue weighted by Crippen LogP contribution is -2.25. The van der Waals surface area contributed by atoms with Crippen LogP contribution in [0.5, 0.6) is 0 Å². The summed E-state index contributed by atoms with van der Waals surface area (Å²) in [6, 6.07) is 5.51. The van der Waals surface area contributed by atoms with Crippen LogP contribution in [0.25, 0.3) is 0 Å². The lowest BCUT2D eigenvalue weighted by Gasteiger charge is -2.10. The minimum Gasteiger partial charge on any atom is -0.352 e. The van der Waals surface area contributed by atoms with Gasteiger partial charge in [0.2, 0.25) is 0 Å². The van der Waals surface area contributed by atoms with Gasteiger partial charge >= 0.3 is 0 Å². The number of hydrogen-bond donors (Lipinski definition) is 1. The molecule has 0 spiro atoms. The Morgan fingerprint density at radius 2 is 2.22 bits per heavy atom. The number of hydrogen-bond acceptors (Lipinski definition) is 1. The Balaban J connectivity index is 2.44. The molecule has 1 aromatic carbocycles. The number of carbonyl (C=O) groups excluding carboxylic acids is 1. The molecular weight excluding hydrogens is 314 g/mol. The molecule has 0 radical (unpaired) electrons. The summed E-state index contributed by atoms with van der Waals surface area (Å²) in [5.41, 5.74) is 1.49. The van der Waals surface area contributed by atoms with E-state index in [2.05, 4.69) is 28.2 Å². The molecule has 0 aliphatic rings. The third-order valence-electron chi connectivity index (χ3n) is 2.86. The number of alkyl halides is 1. The number of carbonyl (C=O) groups is 1. The molecule has 1 N–H and O–H groups in total. The van der Waals surface area contributed by atoms with Gasteiger partial charge in [0.05, 0.1) is 10.6 Å². The quantitative estimate of drug-likeness (QED) is 0.614. The van der Waals surface area contributed by atoms with Gasteiger partial charge in [-0.3, -0.25) is 4.79 Å². The molecule has 1 atom stereocenters. The normalized spacial score (nSPS) is 12.2. The van der Waals surface area contributed by atoms with Crippen molar-refractivity contribution in [2.24, 2.45) is 5.92 Å². The topological polar surface area (TPSA) is 29.1 Å². The lowest BCUT2D eigenvalue weighted by atomic mass is 10.1. The summed E-state index contributed by atoms with van der Waals surface area (Å²) >= 11 is 9.55. The molecule has 0 aliphatic carbocycles. The van der Waals surface area contributed by atoms with Crippen LogP contribution in [0.2, 0.25) is 5.02 Å². The Labute approximate surface area is 122 Å². The van der Waals surface area contributed by atoms with Gasteiger partial charge in [-0.1, -0.05) is 46.6 Å². The van der Waals surface area contributed by atoms with Gasteiger partial charge in [0.15, 0.2) is 0 Å². The van der Waals surface area contributed by atoms with E-state index in [1.165, 1.54) is 0 Å². The first-order chi connectivity index (χ1) is 8.56. The van der Waals surface area contributed by atoms with E-state index in [9.17, 15) is 4.79 Å². The first-order valence-corrected chi connectivity index (χ1v) is 7.65. The number of benzene rings is 1. The largest absolute Gasteiger partial charge is 0.352 e. The minimum atomic E-state index is -0.0878. The molecule has 100 valence electrons. The number of halogens is 2. The van der Waals surface area contributed by atoms with Crippen molar-refractivity contribution in [1.82, 2.24) is 5.32 Å². The van der Waals surface area contributed by atoms with Crippen LogP contribution in [0.1, 0.15) is 35.7 Å². The highest BCUT2D eigenvalue weighted by molar-refractivity contribution is 9.09. The smallest absolute Gasteiger partial charge is 0.252 e. The van der Waals surface area contributed by atoms with Crippen molar-refractivity contribution in [1.29, 1.82) is 0 Å². The van der Waals surface area contributed by atoms with Crippen molar-refractivity contribution < 1.29 is 4.79 Å². The first kappa shape index (κ1) is 15.5. The third-order valence-corrected chi connectivity index (χ3v) is 4.47. The zero-order valence-electron chi connectivity index (χ0n) is 10.8. The molecule has 0 fully saturated rings. The highest BCUT2D eigenvalue weighted by atomic mass is 79.9. The lowest BCUT2D eigenvalue weighted by molar-refractivity contribution is 0.0952. The molecule has 1 unspecified atom stereocenters. The highest BCUT2D eigenvalue weighted by Gasteiger charge is 2.10. The van der Waals surface area contributed by atoms with Gasteiger partial charge < -0.3 is 5.32 Å². The van der Waals surface area contributed by atoms with Gasteiger partial charge in [0.1, 0.15) is 0 Å².